The first-order chi connectivity index (χ1) is 10.6. The molecule has 1 saturated heterocycles. The van der Waals surface area contributed by atoms with Crippen LogP contribution in [0, 0.1) is 0 Å². The van der Waals surface area contributed by atoms with Gasteiger partial charge in [0.1, 0.15) is 0 Å². The number of rotatable bonds is 5. The highest BCUT2D eigenvalue weighted by atomic mass is 16.2. The number of likely N-dealkylation sites (tertiary alicyclic amines) is 1. The summed E-state index contributed by atoms with van der Waals surface area (Å²) in [4.78, 5) is 25.1. The van der Waals surface area contributed by atoms with Crippen molar-refractivity contribution in [3.8, 4) is 0 Å². The molecule has 0 saturated carbocycles. The molecule has 1 aromatic rings. The SMILES string of the molecule is CC(=O)Nc1ccc(NCCC(=O)N2CCCCCC2)cc1. The molecule has 0 atom stereocenters. The zero-order valence-corrected chi connectivity index (χ0v) is 13.2. The Morgan fingerprint density at radius 2 is 1.59 bits per heavy atom. The zero-order valence-electron chi connectivity index (χ0n) is 13.2. The van der Waals surface area contributed by atoms with Crippen LogP contribution in [-0.4, -0.2) is 36.3 Å². The predicted molar refractivity (Wildman–Crippen MR) is 88.9 cm³/mol. The summed E-state index contributed by atoms with van der Waals surface area (Å²) in [6.45, 7) is 3.93. The van der Waals surface area contributed by atoms with E-state index in [0.29, 0.717) is 13.0 Å². The predicted octanol–water partition coefficient (Wildman–Crippen LogP) is 2.85. The van der Waals surface area contributed by atoms with Crippen LogP contribution in [0.3, 0.4) is 0 Å². The molecule has 1 aliphatic rings. The molecule has 1 fully saturated rings. The summed E-state index contributed by atoms with van der Waals surface area (Å²) >= 11 is 0. The number of carbonyl (C=O) groups is 2. The topological polar surface area (TPSA) is 61.4 Å². The van der Waals surface area contributed by atoms with E-state index < -0.39 is 0 Å². The van der Waals surface area contributed by atoms with Gasteiger partial charge < -0.3 is 15.5 Å². The van der Waals surface area contributed by atoms with Crippen LogP contribution in [0.4, 0.5) is 11.4 Å². The highest BCUT2D eigenvalue weighted by Crippen LogP contribution is 2.14. The molecule has 0 radical (unpaired) electrons. The van der Waals surface area contributed by atoms with Gasteiger partial charge in [-0.25, -0.2) is 0 Å². The Morgan fingerprint density at radius 3 is 2.18 bits per heavy atom. The van der Waals surface area contributed by atoms with Gasteiger partial charge in [0, 0.05) is 44.4 Å². The van der Waals surface area contributed by atoms with E-state index >= 15 is 0 Å². The molecule has 5 nitrogen and oxygen atoms in total. The van der Waals surface area contributed by atoms with Gasteiger partial charge in [-0.3, -0.25) is 9.59 Å². The minimum Gasteiger partial charge on any atom is -0.385 e. The molecule has 2 amide bonds. The average molecular weight is 303 g/mol. The Bertz CT molecular complexity index is 491. The molecular formula is C17H25N3O2. The molecule has 5 heteroatoms. The van der Waals surface area contributed by atoms with Crippen LogP contribution in [0.1, 0.15) is 39.0 Å². The fraction of sp³-hybridized carbons (Fsp3) is 0.529. The Balaban J connectivity index is 1.73. The molecule has 2 rings (SSSR count). The van der Waals surface area contributed by atoms with Crippen LogP contribution in [0.15, 0.2) is 24.3 Å². The highest BCUT2D eigenvalue weighted by Gasteiger charge is 2.14. The number of nitrogens with one attached hydrogen (secondary N) is 2. The van der Waals surface area contributed by atoms with E-state index in [1.54, 1.807) is 0 Å². The molecule has 0 aliphatic carbocycles. The van der Waals surface area contributed by atoms with Crippen molar-refractivity contribution in [3.63, 3.8) is 0 Å². The van der Waals surface area contributed by atoms with Crippen molar-refractivity contribution in [2.24, 2.45) is 0 Å². The summed E-state index contributed by atoms with van der Waals surface area (Å²) in [5.74, 6) is 0.160. The Kier molecular flexibility index (Phi) is 6.25. The summed E-state index contributed by atoms with van der Waals surface area (Å²) in [6.07, 6.45) is 5.26. The molecule has 22 heavy (non-hydrogen) atoms. The Hall–Kier alpha value is -2.04. The number of nitrogens with zero attached hydrogens (tertiary/aromatic N) is 1. The lowest BCUT2D eigenvalue weighted by Gasteiger charge is -2.20. The second-order valence-corrected chi connectivity index (χ2v) is 5.73. The van der Waals surface area contributed by atoms with Crippen molar-refractivity contribution in [2.75, 3.05) is 30.3 Å². The van der Waals surface area contributed by atoms with Gasteiger partial charge in [0.05, 0.1) is 0 Å². The second-order valence-electron chi connectivity index (χ2n) is 5.73. The first kappa shape index (κ1) is 16.3. The fourth-order valence-corrected chi connectivity index (χ4v) is 2.67. The van der Waals surface area contributed by atoms with E-state index in [2.05, 4.69) is 10.6 Å². The maximum Gasteiger partial charge on any atom is 0.224 e. The van der Waals surface area contributed by atoms with E-state index in [1.165, 1.54) is 19.8 Å². The quantitative estimate of drug-likeness (QED) is 0.879. The lowest BCUT2D eigenvalue weighted by Crippen LogP contribution is -2.32. The maximum absolute atomic E-state index is 12.2. The average Bonchev–Trinajstić information content (AvgIpc) is 2.77. The van der Waals surface area contributed by atoms with Gasteiger partial charge in [-0.2, -0.15) is 0 Å². The third kappa shape index (κ3) is 5.39. The second kappa shape index (κ2) is 8.41. The Morgan fingerprint density at radius 1 is 1.00 bits per heavy atom. The van der Waals surface area contributed by atoms with Crippen LogP contribution in [-0.2, 0) is 9.59 Å². The monoisotopic (exact) mass is 303 g/mol. The number of carbonyl (C=O) groups excluding carboxylic acids is 2. The largest absolute Gasteiger partial charge is 0.385 e. The van der Waals surface area contributed by atoms with Crippen molar-refractivity contribution < 1.29 is 9.59 Å². The summed E-state index contributed by atoms with van der Waals surface area (Å²) in [5.41, 5.74) is 1.73. The minimum absolute atomic E-state index is 0.0799. The number of amides is 2. The van der Waals surface area contributed by atoms with Gasteiger partial charge >= 0.3 is 0 Å². The van der Waals surface area contributed by atoms with Crippen LogP contribution in [0.25, 0.3) is 0 Å². The van der Waals surface area contributed by atoms with E-state index in [4.69, 9.17) is 0 Å². The molecule has 0 unspecified atom stereocenters. The summed E-state index contributed by atoms with van der Waals surface area (Å²) in [5, 5.41) is 5.98. The van der Waals surface area contributed by atoms with Crippen molar-refractivity contribution in [1.29, 1.82) is 0 Å². The molecule has 0 aromatic heterocycles. The minimum atomic E-state index is -0.0799. The molecule has 0 spiro atoms. The number of hydrogen-bond acceptors (Lipinski definition) is 3. The first-order valence-electron chi connectivity index (χ1n) is 8.04. The number of benzene rings is 1. The maximum atomic E-state index is 12.2. The van der Waals surface area contributed by atoms with Gasteiger partial charge in [-0.1, -0.05) is 12.8 Å². The standard InChI is InChI=1S/C17H25N3O2/c1-14(21)19-16-8-6-15(7-9-16)18-11-10-17(22)20-12-4-2-3-5-13-20/h6-9,18H,2-5,10-13H2,1H3,(H,19,21). The van der Waals surface area contributed by atoms with Crippen molar-refractivity contribution in [1.82, 2.24) is 4.90 Å². The normalized spacial score (nSPS) is 15.0. The van der Waals surface area contributed by atoms with Gasteiger partial charge in [0.25, 0.3) is 0 Å². The number of hydrogen-bond donors (Lipinski definition) is 2. The van der Waals surface area contributed by atoms with E-state index in [-0.39, 0.29) is 11.8 Å². The van der Waals surface area contributed by atoms with Crippen LogP contribution >= 0.6 is 0 Å². The fourth-order valence-electron chi connectivity index (χ4n) is 2.67. The van der Waals surface area contributed by atoms with E-state index in [1.807, 2.05) is 29.2 Å². The lowest BCUT2D eigenvalue weighted by atomic mass is 10.2. The third-order valence-electron chi connectivity index (χ3n) is 3.83. The summed E-state index contributed by atoms with van der Waals surface area (Å²) in [7, 11) is 0. The van der Waals surface area contributed by atoms with E-state index in [9.17, 15) is 9.59 Å². The van der Waals surface area contributed by atoms with Crippen LogP contribution in [0.2, 0.25) is 0 Å². The smallest absolute Gasteiger partial charge is 0.224 e. The van der Waals surface area contributed by atoms with Crippen LogP contribution in [0.5, 0.6) is 0 Å². The summed E-state index contributed by atoms with van der Waals surface area (Å²) < 4.78 is 0. The van der Waals surface area contributed by atoms with Gasteiger partial charge in [0.2, 0.25) is 11.8 Å². The third-order valence-corrected chi connectivity index (χ3v) is 3.83. The van der Waals surface area contributed by atoms with Crippen molar-refractivity contribution in [3.05, 3.63) is 24.3 Å². The molecule has 0 bridgehead atoms. The van der Waals surface area contributed by atoms with Gasteiger partial charge in [-0.05, 0) is 37.1 Å². The molecule has 1 aromatic carbocycles. The van der Waals surface area contributed by atoms with Crippen LogP contribution < -0.4 is 10.6 Å². The van der Waals surface area contributed by atoms with Gasteiger partial charge in [-0.15, -0.1) is 0 Å². The van der Waals surface area contributed by atoms with Gasteiger partial charge in [0.15, 0.2) is 0 Å². The van der Waals surface area contributed by atoms with Crippen molar-refractivity contribution >= 4 is 23.2 Å². The van der Waals surface area contributed by atoms with Crippen molar-refractivity contribution in [2.45, 2.75) is 39.0 Å². The molecule has 1 heterocycles. The molecular weight excluding hydrogens is 278 g/mol. The highest BCUT2D eigenvalue weighted by molar-refractivity contribution is 5.88. The summed E-state index contributed by atoms with van der Waals surface area (Å²) in [6, 6.07) is 7.50. The lowest BCUT2D eigenvalue weighted by molar-refractivity contribution is -0.130. The molecule has 120 valence electrons. The molecule has 2 N–H and O–H groups in total. The zero-order chi connectivity index (χ0) is 15.8. The first-order valence-corrected chi connectivity index (χ1v) is 8.04. The number of anilines is 2. The Labute approximate surface area is 132 Å². The van der Waals surface area contributed by atoms with E-state index in [0.717, 1.165) is 37.3 Å². The molecule has 1 aliphatic heterocycles.